The van der Waals surface area contributed by atoms with Crippen molar-refractivity contribution < 1.29 is 17.9 Å². The number of nitrogens with one attached hydrogen (secondary N) is 1. The lowest BCUT2D eigenvalue weighted by molar-refractivity contribution is 0.0946. The van der Waals surface area contributed by atoms with Crippen LogP contribution in [0.4, 0.5) is 0 Å². The molecule has 1 aliphatic rings. The van der Waals surface area contributed by atoms with Crippen LogP contribution >= 0.6 is 0 Å². The molecule has 1 aliphatic heterocycles. The Morgan fingerprint density at radius 1 is 1.03 bits per heavy atom. The Morgan fingerprint density at radius 3 is 2.67 bits per heavy atom. The number of sulfonamides is 1. The Morgan fingerprint density at radius 2 is 1.88 bits per heavy atom. The van der Waals surface area contributed by atoms with E-state index in [1.165, 1.54) is 4.31 Å². The lowest BCUT2D eigenvalue weighted by Gasteiger charge is -2.22. The van der Waals surface area contributed by atoms with Gasteiger partial charge in [0.25, 0.3) is 5.91 Å². The van der Waals surface area contributed by atoms with Crippen LogP contribution in [0.25, 0.3) is 0 Å². The first-order chi connectivity index (χ1) is 16.0. The highest BCUT2D eigenvalue weighted by atomic mass is 32.2. The van der Waals surface area contributed by atoms with E-state index in [9.17, 15) is 13.2 Å². The second kappa shape index (κ2) is 10.6. The van der Waals surface area contributed by atoms with Crippen LogP contribution in [0.15, 0.2) is 78.0 Å². The second-order valence-corrected chi connectivity index (χ2v) is 9.79. The first-order valence-corrected chi connectivity index (χ1v) is 12.5. The van der Waals surface area contributed by atoms with Gasteiger partial charge in [0.15, 0.2) is 0 Å². The number of pyridine rings is 1. The first kappa shape index (κ1) is 22.9. The summed E-state index contributed by atoms with van der Waals surface area (Å²) >= 11 is 0. The number of rotatable bonds is 10. The Hall–Kier alpha value is -3.23. The molecular weight excluding hydrogens is 438 g/mol. The van der Waals surface area contributed by atoms with Crippen molar-refractivity contribution >= 4 is 15.9 Å². The van der Waals surface area contributed by atoms with E-state index in [-0.39, 0.29) is 10.8 Å². The van der Waals surface area contributed by atoms with E-state index in [1.807, 2.05) is 18.2 Å². The lowest BCUT2D eigenvalue weighted by atomic mass is 10.0. The van der Waals surface area contributed by atoms with E-state index < -0.39 is 10.0 Å². The Balaban J connectivity index is 1.39. The number of carbonyl (C=O) groups excluding carboxylic acids is 1. The third-order valence-electron chi connectivity index (χ3n) is 5.58. The fourth-order valence-corrected chi connectivity index (χ4v) is 5.32. The van der Waals surface area contributed by atoms with Gasteiger partial charge in [0.2, 0.25) is 10.0 Å². The third-order valence-corrected chi connectivity index (χ3v) is 7.49. The summed E-state index contributed by atoms with van der Waals surface area (Å²) in [6.45, 7) is 1.69. The fourth-order valence-electron chi connectivity index (χ4n) is 3.82. The Kier molecular flexibility index (Phi) is 7.36. The number of hydrogen-bond donors (Lipinski definition) is 1. The van der Waals surface area contributed by atoms with E-state index in [2.05, 4.69) is 10.3 Å². The summed E-state index contributed by atoms with van der Waals surface area (Å²) in [6, 6.07) is 17.7. The van der Waals surface area contributed by atoms with E-state index in [0.29, 0.717) is 50.4 Å². The van der Waals surface area contributed by atoms with Crippen molar-refractivity contribution in [1.82, 2.24) is 14.6 Å². The average Bonchev–Trinajstić information content (AvgIpc) is 2.84. The molecule has 172 valence electrons. The number of fused-ring (bicyclic) bond motifs is 1. The van der Waals surface area contributed by atoms with Crippen molar-refractivity contribution in [1.29, 1.82) is 0 Å². The zero-order valence-corrected chi connectivity index (χ0v) is 19.1. The summed E-state index contributed by atoms with van der Waals surface area (Å²) in [7, 11) is -3.62. The van der Waals surface area contributed by atoms with Gasteiger partial charge in [-0.2, -0.15) is 4.31 Å². The Labute approximate surface area is 194 Å². The summed E-state index contributed by atoms with van der Waals surface area (Å²) in [5, 5.41) is 2.83. The van der Waals surface area contributed by atoms with Crippen molar-refractivity contribution in [2.75, 3.05) is 26.2 Å². The van der Waals surface area contributed by atoms with Gasteiger partial charge in [-0.1, -0.05) is 24.3 Å². The van der Waals surface area contributed by atoms with Crippen LogP contribution in [-0.2, 0) is 22.9 Å². The highest BCUT2D eigenvalue weighted by Crippen LogP contribution is 2.21. The number of hydrogen-bond acceptors (Lipinski definition) is 5. The number of ether oxygens (including phenoxy) is 1. The van der Waals surface area contributed by atoms with Gasteiger partial charge in [-0.05, 0) is 66.8 Å². The monoisotopic (exact) mass is 465 g/mol. The molecule has 3 aromatic rings. The quantitative estimate of drug-likeness (QED) is 0.465. The molecule has 1 aromatic heterocycles. The number of benzene rings is 2. The topological polar surface area (TPSA) is 88.6 Å². The molecule has 2 heterocycles. The van der Waals surface area contributed by atoms with Crippen molar-refractivity contribution in [3.63, 3.8) is 0 Å². The van der Waals surface area contributed by atoms with Crippen LogP contribution in [0.2, 0.25) is 0 Å². The number of amides is 1. The van der Waals surface area contributed by atoms with E-state index in [4.69, 9.17) is 4.74 Å². The van der Waals surface area contributed by atoms with Gasteiger partial charge in [0.1, 0.15) is 5.75 Å². The predicted octanol–water partition coefficient (Wildman–Crippen LogP) is 3.07. The molecule has 1 N–H and O–H groups in total. The normalized spacial score (nSPS) is 13.4. The highest BCUT2D eigenvalue weighted by molar-refractivity contribution is 7.89. The van der Waals surface area contributed by atoms with E-state index in [1.54, 1.807) is 54.9 Å². The molecule has 7 nitrogen and oxygen atoms in total. The molecule has 0 saturated heterocycles. The van der Waals surface area contributed by atoms with Gasteiger partial charge in [0, 0.05) is 37.6 Å². The van der Waals surface area contributed by atoms with Crippen molar-refractivity contribution in [2.24, 2.45) is 0 Å². The minimum atomic E-state index is -3.62. The molecule has 0 atom stereocenters. The zero-order chi connectivity index (χ0) is 23.1. The zero-order valence-electron chi connectivity index (χ0n) is 18.3. The fraction of sp³-hybridized carbons (Fsp3) is 0.280. The maximum Gasteiger partial charge on any atom is 0.251 e. The van der Waals surface area contributed by atoms with Crippen LogP contribution in [0.5, 0.6) is 5.75 Å². The smallest absolute Gasteiger partial charge is 0.251 e. The maximum atomic E-state index is 13.2. The molecule has 33 heavy (non-hydrogen) atoms. The molecule has 0 spiro atoms. The molecule has 2 aromatic carbocycles. The van der Waals surface area contributed by atoms with Crippen LogP contribution in [-0.4, -0.2) is 49.9 Å². The van der Waals surface area contributed by atoms with Gasteiger partial charge in [-0.15, -0.1) is 0 Å². The number of nitrogens with zero attached hydrogens (tertiary/aromatic N) is 2. The van der Waals surface area contributed by atoms with Crippen LogP contribution in [0.1, 0.15) is 27.9 Å². The van der Waals surface area contributed by atoms with Gasteiger partial charge >= 0.3 is 0 Å². The van der Waals surface area contributed by atoms with Gasteiger partial charge in [-0.25, -0.2) is 8.42 Å². The molecule has 0 unspecified atom stereocenters. The summed E-state index contributed by atoms with van der Waals surface area (Å²) in [4.78, 5) is 16.3. The van der Waals surface area contributed by atoms with Crippen LogP contribution in [0.3, 0.4) is 0 Å². The third kappa shape index (κ3) is 5.77. The molecule has 8 heteroatoms. The highest BCUT2D eigenvalue weighted by Gasteiger charge is 2.24. The summed E-state index contributed by atoms with van der Waals surface area (Å²) < 4.78 is 33.9. The summed E-state index contributed by atoms with van der Waals surface area (Å²) in [5.41, 5.74) is 2.64. The number of carbonyl (C=O) groups is 1. The van der Waals surface area contributed by atoms with Gasteiger partial charge in [-0.3, -0.25) is 9.78 Å². The van der Waals surface area contributed by atoms with Gasteiger partial charge < -0.3 is 10.1 Å². The predicted molar refractivity (Wildman–Crippen MR) is 126 cm³/mol. The van der Waals surface area contributed by atoms with E-state index in [0.717, 1.165) is 17.5 Å². The SMILES string of the molecule is O=C1NCCc2cc(OCCCN(CCc3cccnc3)S(=O)(=O)c3ccccc3)ccc21. The van der Waals surface area contributed by atoms with Crippen LogP contribution in [0, 0.1) is 0 Å². The largest absolute Gasteiger partial charge is 0.494 e. The average molecular weight is 466 g/mol. The molecule has 0 aliphatic carbocycles. The molecule has 0 saturated carbocycles. The molecular formula is C25H27N3O4S. The molecule has 0 fully saturated rings. The van der Waals surface area contributed by atoms with Crippen LogP contribution < -0.4 is 10.1 Å². The van der Waals surface area contributed by atoms with Gasteiger partial charge in [0.05, 0.1) is 11.5 Å². The maximum absolute atomic E-state index is 13.2. The van der Waals surface area contributed by atoms with E-state index >= 15 is 0 Å². The van der Waals surface area contributed by atoms with Crippen molar-refractivity contribution in [2.45, 2.75) is 24.2 Å². The summed E-state index contributed by atoms with van der Waals surface area (Å²) in [6.07, 6.45) is 5.35. The minimum Gasteiger partial charge on any atom is -0.494 e. The molecule has 4 rings (SSSR count). The minimum absolute atomic E-state index is 0.0572. The second-order valence-electron chi connectivity index (χ2n) is 7.86. The first-order valence-electron chi connectivity index (χ1n) is 11.0. The molecule has 0 bridgehead atoms. The number of aromatic nitrogens is 1. The molecule has 0 radical (unpaired) electrons. The van der Waals surface area contributed by atoms with Crippen molar-refractivity contribution in [3.8, 4) is 5.75 Å². The Bertz CT molecular complexity index is 1180. The molecule has 1 amide bonds. The summed E-state index contributed by atoms with van der Waals surface area (Å²) in [5.74, 6) is 0.634. The van der Waals surface area contributed by atoms with Crippen molar-refractivity contribution in [3.05, 3.63) is 89.7 Å². The standard InChI is InChI=1S/C25H27N3O4S/c29-25-24-10-9-22(18-21(24)11-14-27-25)32-17-5-15-28(16-12-20-6-4-13-26-19-20)33(30,31)23-7-2-1-3-8-23/h1-4,6-10,13,18-19H,5,11-12,14-17H2,(H,27,29). The lowest BCUT2D eigenvalue weighted by Crippen LogP contribution is -2.34.